The number of nitrogens with zero attached hydrogens (tertiary/aromatic N) is 2. The van der Waals surface area contributed by atoms with Crippen LogP contribution in [0.15, 0.2) is 12.3 Å². The lowest BCUT2D eigenvalue weighted by atomic mass is 10.3. The first-order valence-corrected chi connectivity index (χ1v) is 6.95. The molecule has 0 aromatic carbocycles. The molecule has 0 spiro atoms. The van der Waals surface area contributed by atoms with Gasteiger partial charge in [-0.3, -0.25) is 9.69 Å². The summed E-state index contributed by atoms with van der Waals surface area (Å²) >= 11 is 11.7. The van der Waals surface area contributed by atoms with Gasteiger partial charge in [0.15, 0.2) is 5.82 Å². The van der Waals surface area contributed by atoms with Crippen LogP contribution in [0.5, 0.6) is 0 Å². The van der Waals surface area contributed by atoms with Crippen molar-refractivity contribution in [1.82, 2.24) is 15.2 Å². The van der Waals surface area contributed by atoms with Crippen molar-refractivity contribution in [3.8, 4) is 0 Å². The second kappa shape index (κ2) is 7.05. The van der Waals surface area contributed by atoms with Crippen molar-refractivity contribution in [1.29, 1.82) is 0 Å². The molecule has 1 aliphatic rings. The summed E-state index contributed by atoms with van der Waals surface area (Å²) in [5.41, 5.74) is 0. The lowest BCUT2D eigenvalue weighted by Crippen LogP contribution is -2.35. The molecular weight excluding hydrogens is 287 g/mol. The Bertz CT molecular complexity index is 447. The van der Waals surface area contributed by atoms with Gasteiger partial charge in [-0.05, 0) is 25.6 Å². The Morgan fingerprint density at radius 2 is 2.26 bits per heavy atom. The van der Waals surface area contributed by atoms with E-state index in [4.69, 9.17) is 23.2 Å². The highest BCUT2D eigenvalue weighted by Gasteiger charge is 2.14. The van der Waals surface area contributed by atoms with Gasteiger partial charge >= 0.3 is 0 Å². The van der Waals surface area contributed by atoms with Gasteiger partial charge in [-0.15, -0.1) is 0 Å². The van der Waals surface area contributed by atoms with E-state index in [0.717, 1.165) is 32.6 Å². The molecule has 2 N–H and O–H groups in total. The van der Waals surface area contributed by atoms with E-state index in [1.807, 2.05) is 0 Å². The van der Waals surface area contributed by atoms with Crippen LogP contribution < -0.4 is 10.6 Å². The monoisotopic (exact) mass is 302 g/mol. The summed E-state index contributed by atoms with van der Waals surface area (Å²) in [6, 6.07) is 1.56. The number of aromatic nitrogens is 1. The topological polar surface area (TPSA) is 57.3 Å². The highest BCUT2D eigenvalue weighted by Crippen LogP contribution is 2.22. The standard InChI is InChI=1S/C12H16Cl2N4O/c13-9-6-10(14)12(16-7-9)17-11(19)8-18-4-1-2-15-3-5-18/h6-7,15H,1-5,8H2,(H,16,17,19). The first-order chi connectivity index (χ1) is 9.15. The molecule has 0 unspecified atom stereocenters. The maximum atomic E-state index is 11.9. The van der Waals surface area contributed by atoms with Gasteiger partial charge in [-0.2, -0.15) is 0 Å². The highest BCUT2D eigenvalue weighted by atomic mass is 35.5. The molecule has 1 aromatic rings. The zero-order valence-corrected chi connectivity index (χ0v) is 12.0. The number of hydrogen-bond donors (Lipinski definition) is 2. The molecular formula is C12H16Cl2N4O. The Morgan fingerprint density at radius 1 is 1.42 bits per heavy atom. The summed E-state index contributed by atoms with van der Waals surface area (Å²) in [4.78, 5) is 18.0. The van der Waals surface area contributed by atoms with Crippen LogP contribution in [0.2, 0.25) is 10.0 Å². The van der Waals surface area contributed by atoms with Crippen molar-refractivity contribution < 1.29 is 4.79 Å². The summed E-state index contributed by atoms with van der Waals surface area (Å²) in [7, 11) is 0. The summed E-state index contributed by atoms with van der Waals surface area (Å²) in [6.07, 6.45) is 2.51. The van der Waals surface area contributed by atoms with E-state index < -0.39 is 0 Å². The predicted molar refractivity (Wildman–Crippen MR) is 76.8 cm³/mol. The van der Waals surface area contributed by atoms with Crippen molar-refractivity contribution in [3.05, 3.63) is 22.3 Å². The number of hydrogen-bond acceptors (Lipinski definition) is 4. The van der Waals surface area contributed by atoms with Crippen LogP contribution in [0.25, 0.3) is 0 Å². The van der Waals surface area contributed by atoms with Crippen LogP contribution in [0.1, 0.15) is 6.42 Å². The quantitative estimate of drug-likeness (QED) is 0.891. The first-order valence-electron chi connectivity index (χ1n) is 6.19. The van der Waals surface area contributed by atoms with E-state index in [9.17, 15) is 4.79 Å². The largest absolute Gasteiger partial charge is 0.315 e. The number of amides is 1. The molecule has 0 saturated carbocycles. The molecule has 5 nitrogen and oxygen atoms in total. The number of nitrogens with one attached hydrogen (secondary N) is 2. The van der Waals surface area contributed by atoms with Crippen LogP contribution in [0.4, 0.5) is 5.82 Å². The summed E-state index contributed by atoms with van der Waals surface area (Å²) < 4.78 is 0. The van der Waals surface area contributed by atoms with Gasteiger partial charge in [0.05, 0.1) is 16.6 Å². The van der Waals surface area contributed by atoms with Gasteiger partial charge in [-0.25, -0.2) is 4.98 Å². The third-order valence-electron chi connectivity index (χ3n) is 2.87. The van der Waals surface area contributed by atoms with Crippen LogP contribution in [0, 0.1) is 0 Å². The number of carbonyl (C=O) groups excluding carboxylic acids is 1. The van der Waals surface area contributed by atoms with Gasteiger partial charge in [0.1, 0.15) is 0 Å². The van der Waals surface area contributed by atoms with E-state index in [-0.39, 0.29) is 5.91 Å². The molecule has 0 bridgehead atoms. The van der Waals surface area contributed by atoms with E-state index in [0.29, 0.717) is 22.4 Å². The normalized spacial score (nSPS) is 16.9. The zero-order chi connectivity index (χ0) is 13.7. The summed E-state index contributed by atoms with van der Waals surface area (Å²) in [5, 5.41) is 6.79. The van der Waals surface area contributed by atoms with Crippen molar-refractivity contribution in [2.24, 2.45) is 0 Å². The van der Waals surface area contributed by atoms with E-state index >= 15 is 0 Å². The third-order valence-corrected chi connectivity index (χ3v) is 3.36. The summed E-state index contributed by atoms with van der Waals surface area (Å²) in [6.45, 7) is 4.05. The average molecular weight is 303 g/mol. The first kappa shape index (κ1) is 14.5. The molecule has 1 amide bonds. The van der Waals surface area contributed by atoms with Gasteiger partial charge in [0.25, 0.3) is 0 Å². The molecule has 104 valence electrons. The van der Waals surface area contributed by atoms with Gasteiger partial charge in [0, 0.05) is 19.3 Å². The lowest BCUT2D eigenvalue weighted by Gasteiger charge is -2.18. The molecule has 2 heterocycles. The van der Waals surface area contributed by atoms with Gasteiger partial charge in [0.2, 0.25) is 5.91 Å². The van der Waals surface area contributed by atoms with Crippen molar-refractivity contribution in [3.63, 3.8) is 0 Å². The Kier molecular flexibility index (Phi) is 5.39. The van der Waals surface area contributed by atoms with Gasteiger partial charge < -0.3 is 10.6 Å². The van der Waals surface area contributed by atoms with Crippen molar-refractivity contribution in [2.45, 2.75) is 6.42 Å². The molecule has 0 aliphatic carbocycles. The Morgan fingerprint density at radius 3 is 3.05 bits per heavy atom. The highest BCUT2D eigenvalue weighted by molar-refractivity contribution is 6.36. The van der Waals surface area contributed by atoms with Crippen LogP contribution >= 0.6 is 23.2 Å². The number of rotatable bonds is 3. The Labute approximate surface area is 122 Å². The fraction of sp³-hybridized carbons (Fsp3) is 0.500. The van der Waals surface area contributed by atoms with Crippen LogP contribution in [-0.4, -0.2) is 48.5 Å². The zero-order valence-electron chi connectivity index (χ0n) is 10.5. The Hall–Kier alpha value is -0.880. The number of anilines is 1. The molecule has 1 aromatic heterocycles. The molecule has 19 heavy (non-hydrogen) atoms. The minimum atomic E-state index is -0.112. The smallest absolute Gasteiger partial charge is 0.239 e. The number of halogens is 2. The second-order valence-corrected chi connectivity index (χ2v) is 5.26. The third kappa shape index (κ3) is 4.62. The second-order valence-electron chi connectivity index (χ2n) is 4.41. The molecule has 7 heteroatoms. The van der Waals surface area contributed by atoms with E-state index in [1.54, 1.807) is 6.07 Å². The SMILES string of the molecule is O=C(CN1CCCNCC1)Nc1ncc(Cl)cc1Cl. The minimum absolute atomic E-state index is 0.112. The average Bonchev–Trinajstić information content (AvgIpc) is 2.61. The van der Waals surface area contributed by atoms with Crippen molar-refractivity contribution in [2.75, 3.05) is 38.0 Å². The number of carbonyl (C=O) groups is 1. The molecule has 1 fully saturated rings. The van der Waals surface area contributed by atoms with Gasteiger partial charge in [-0.1, -0.05) is 23.2 Å². The molecule has 1 aliphatic heterocycles. The lowest BCUT2D eigenvalue weighted by molar-refractivity contribution is -0.117. The molecule has 2 rings (SSSR count). The maximum absolute atomic E-state index is 11.9. The van der Waals surface area contributed by atoms with Crippen LogP contribution in [0.3, 0.4) is 0 Å². The fourth-order valence-electron chi connectivity index (χ4n) is 1.94. The molecule has 0 radical (unpaired) electrons. The minimum Gasteiger partial charge on any atom is -0.315 e. The van der Waals surface area contributed by atoms with Crippen molar-refractivity contribution >= 4 is 34.9 Å². The Balaban J connectivity index is 1.89. The fourth-order valence-corrected chi connectivity index (χ4v) is 2.37. The maximum Gasteiger partial charge on any atom is 0.239 e. The predicted octanol–water partition coefficient (Wildman–Crippen LogP) is 1.62. The van der Waals surface area contributed by atoms with E-state index in [1.165, 1.54) is 6.20 Å². The molecule has 0 atom stereocenters. The summed E-state index contributed by atoms with van der Waals surface area (Å²) in [5.74, 6) is 0.239. The molecule has 1 saturated heterocycles. The number of pyridine rings is 1. The van der Waals surface area contributed by atoms with E-state index in [2.05, 4.69) is 20.5 Å². The van der Waals surface area contributed by atoms with Crippen LogP contribution in [-0.2, 0) is 4.79 Å².